The van der Waals surface area contributed by atoms with Crippen LogP contribution < -0.4 is 4.74 Å². The number of hydrogen-bond donors (Lipinski definition) is 0. The van der Waals surface area contributed by atoms with E-state index in [9.17, 15) is 9.59 Å². The number of aryl methyl sites for hydroxylation is 2. The standard InChI is InChI=1S/C23H28N4O3/c1-7-26(8-2)20(29)13-19-22(17-9-11-18(30-6)12-10-17)25-27-15(4)21(16(5)28)14(3)24-23(19)27/h9-12H,7-8,13H2,1-6H3. The molecule has 0 N–H and O–H groups in total. The van der Waals surface area contributed by atoms with Crippen molar-refractivity contribution in [1.82, 2.24) is 19.5 Å². The number of ether oxygens (including phenoxy) is 1. The summed E-state index contributed by atoms with van der Waals surface area (Å²) in [5.41, 5.74) is 4.86. The van der Waals surface area contributed by atoms with Gasteiger partial charge in [-0.1, -0.05) is 0 Å². The zero-order valence-electron chi connectivity index (χ0n) is 18.4. The van der Waals surface area contributed by atoms with E-state index in [4.69, 9.17) is 9.84 Å². The summed E-state index contributed by atoms with van der Waals surface area (Å²) in [6, 6.07) is 7.56. The summed E-state index contributed by atoms with van der Waals surface area (Å²) < 4.78 is 6.95. The maximum Gasteiger partial charge on any atom is 0.227 e. The summed E-state index contributed by atoms with van der Waals surface area (Å²) >= 11 is 0. The van der Waals surface area contributed by atoms with Gasteiger partial charge in [0.2, 0.25) is 5.91 Å². The SMILES string of the molecule is CCN(CC)C(=O)Cc1c(-c2ccc(OC)cc2)nn2c(C)c(C(C)=O)c(C)nc12. The highest BCUT2D eigenvalue weighted by molar-refractivity contribution is 5.96. The average molecular weight is 409 g/mol. The predicted octanol–water partition coefficient (Wildman–Crippen LogP) is 3.64. The largest absolute Gasteiger partial charge is 0.497 e. The summed E-state index contributed by atoms with van der Waals surface area (Å²) in [4.78, 5) is 31.6. The number of benzene rings is 1. The van der Waals surface area contributed by atoms with Crippen molar-refractivity contribution < 1.29 is 14.3 Å². The fourth-order valence-electron chi connectivity index (χ4n) is 3.87. The highest BCUT2D eigenvalue weighted by atomic mass is 16.5. The number of ketones is 1. The Kier molecular flexibility index (Phi) is 6.20. The number of aromatic nitrogens is 3. The molecule has 0 spiro atoms. The van der Waals surface area contributed by atoms with Crippen LogP contribution in [-0.2, 0) is 11.2 Å². The van der Waals surface area contributed by atoms with Crippen molar-refractivity contribution >= 4 is 17.3 Å². The van der Waals surface area contributed by atoms with Gasteiger partial charge in [-0.25, -0.2) is 9.50 Å². The lowest BCUT2D eigenvalue weighted by Crippen LogP contribution is -2.31. The highest BCUT2D eigenvalue weighted by Crippen LogP contribution is 2.30. The fraction of sp³-hybridized carbons (Fsp3) is 0.391. The van der Waals surface area contributed by atoms with E-state index in [1.807, 2.05) is 52.0 Å². The van der Waals surface area contributed by atoms with Crippen LogP contribution in [0.25, 0.3) is 16.9 Å². The van der Waals surface area contributed by atoms with Gasteiger partial charge in [0.05, 0.1) is 36.2 Å². The summed E-state index contributed by atoms with van der Waals surface area (Å²) in [6.07, 6.45) is 0.192. The first-order chi connectivity index (χ1) is 14.3. The van der Waals surface area contributed by atoms with Crippen LogP contribution in [0.1, 0.15) is 48.1 Å². The molecule has 0 bridgehead atoms. The average Bonchev–Trinajstić information content (AvgIpc) is 3.07. The van der Waals surface area contributed by atoms with Gasteiger partial charge in [0.15, 0.2) is 11.4 Å². The molecule has 7 nitrogen and oxygen atoms in total. The molecule has 1 amide bonds. The quantitative estimate of drug-likeness (QED) is 0.558. The summed E-state index contributed by atoms with van der Waals surface area (Å²) in [7, 11) is 1.62. The number of amides is 1. The predicted molar refractivity (Wildman–Crippen MR) is 116 cm³/mol. The molecule has 3 rings (SSSR count). The monoisotopic (exact) mass is 408 g/mol. The minimum Gasteiger partial charge on any atom is -0.497 e. The molecule has 1 aromatic carbocycles. The van der Waals surface area contributed by atoms with E-state index in [1.165, 1.54) is 6.92 Å². The second-order valence-corrected chi connectivity index (χ2v) is 7.25. The fourth-order valence-corrected chi connectivity index (χ4v) is 3.87. The number of carbonyl (C=O) groups excluding carboxylic acids is 2. The first-order valence-corrected chi connectivity index (χ1v) is 10.1. The first-order valence-electron chi connectivity index (χ1n) is 10.1. The van der Waals surface area contributed by atoms with Crippen LogP contribution in [-0.4, -0.2) is 51.4 Å². The molecule has 0 saturated carbocycles. The van der Waals surface area contributed by atoms with Crippen molar-refractivity contribution in [3.8, 4) is 17.0 Å². The molecule has 0 aliphatic heterocycles. The Bertz CT molecular complexity index is 1100. The number of carbonyl (C=O) groups is 2. The van der Waals surface area contributed by atoms with Crippen LogP contribution in [0.4, 0.5) is 0 Å². The molecular formula is C23H28N4O3. The van der Waals surface area contributed by atoms with E-state index in [2.05, 4.69) is 4.98 Å². The number of nitrogens with zero attached hydrogens (tertiary/aromatic N) is 4. The minimum atomic E-state index is -0.0540. The van der Waals surface area contributed by atoms with Crippen LogP contribution in [0, 0.1) is 13.8 Å². The van der Waals surface area contributed by atoms with E-state index in [-0.39, 0.29) is 18.1 Å². The Hall–Kier alpha value is -3.22. The smallest absolute Gasteiger partial charge is 0.227 e. The number of rotatable bonds is 7. The molecule has 2 aromatic heterocycles. The van der Waals surface area contributed by atoms with Gasteiger partial charge >= 0.3 is 0 Å². The Balaban J connectivity index is 2.25. The molecule has 2 heterocycles. The molecule has 0 aliphatic rings. The van der Waals surface area contributed by atoms with Crippen molar-refractivity contribution in [2.75, 3.05) is 20.2 Å². The molecule has 3 aromatic rings. The maximum absolute atomic E-state index is 12.9. The lowest BCUT2D eigenvalue weighted by atomic mass is 10.0. The molecule has 158 valence electrons. The number of methoxy groups -OCH3 is 1. The van der Waals surface area contributed by atoms with Gasteiger partial charge in [-0.2, -0.15) is 5.10 Å². The molecule has 0 fully saturated rings. The van der Waals surface area contributed by atoms with Gasteiger partial charge in [0.1, 0.15) is 5.75 Å². The summed E-state index contributed by atoms with van der Waals surface area (Å²) in [5, 5.41) is 4.78. The van der Waals surface area contributed by atoms with Gasteiger partial charge in [0.25, 0.3) is 0 Å². The van der Waals surface area contributed by atoms with Crippen molar-refractivity contribution in [3.05, 3.63) is 46.8 Å². The van der Waals surface area contributed by atoms with Crippen LogP contribution in [0.15, 0.2) is 24.3 Å². The third kappa shape index (κ3) is 3.79. The first kappa shape index (κ1) is 21.5. The van der Waals surface area contributed by atoms with E-state index < -0.39 is 0 Å². The minimum absolute atomic E-state index is 0.0254. The van der Waals surface area contributed by atoms with Gasteiger partial charge in [-0.15, -0.1) is 0 Å². The third-order valence-electron chi connectivity index (χ3n) is 5.43. The Morgan fingerprint density at radius 3 is 2.27 bits per heavy atom. The van der Waals surface area contributed by atoms with Crippen LogP contribution in [0.3, 0.4) is 0 Å². The van der Waals surface area contributed by atoms with E-state index in [0.29, 0.717) is 35.7 Å². The lowest BCUT2D eigenvalue weighted by molar-refractivity contribution is -0.130. The normalized spacial score (nSPS) is 11.0. The zero-order chi connectivity index (χ0) is 22.0. The second-order valence-electron chi connectivity index (χ2n) is 7.25. The molecule has 0 atom stereocenters. The molecule has 0 saturated heterocycles. The maximum atomic E-state index is 12.9. The lowest BCUT2D eigenvalue weighted by Gasteiger charge is -2.18. The molecule has 0 aliphatic carbocycles. The van der Waals surface area contributed by atoms with Crippen molar-refractivity contribution in [2.24, 2.45) is 0 Å². The molecule has 30 heavy (non-hydrogen) atoms. The van der Waals surface area contributed by atoms with Crippen molar-refractivity contribution in [1.29, 1.82) is 0 Å². The Morgan fingerprint density at radius 2 is 1.73 bits per heavy atom. The molecule has 0 unspecified atom stereocenters. The van der Waals surface area contributed by atoms with Gasteiger partial charge < -0.3 is 9.64 Å². The number of likely N-dealkylation sites (N-methyl/N-ethyl adjacent to an activating group) is 1. The van der Waals surface area contributed by atoms with Crippen molar-refractivity contribution in [3.63, 3.8) is 0 Å². The highest BCUT2D eigenvalue weighted by Gasteiger charge is 2.24. The number of Topliss-reactive ketones (excluding diaryl/α,β-unsaturated/α-hetero) is 1. The van der Waals surface area contributed by atoms with E-state index >= 15 is 0 Å². The van der Waals surface area contributed by atoms with Crippen LogP contribution in [0.2, 0.25) is 0 Å². The van der Waals surface area contributed by atoms with Gasteiger partial charge in [-0.3, -0.25) is 9.59 Å². The summed E-state index contributed by atoms with van der Waals surface area (Å²) in [5.74, 6) is 0.714. The number of fused-ring (bicyclic) bond motifs is 1. The van der Waals surface area contributed by atoms with Gasteiger partial charge in [-0.05, 0) is 58.9 Å². The van der Waals surface area contributed by atoms with Gasteiger partial charge in [0, 0.05) is 24.2 Å². The second kappa shape index (κ2) is 8.65. The van der Waals surface area contributed by atoms with E-state index in [0.717, 1.165) is 22.6 Å². The Labute approximate surface area is 176 Å². The zero-order valence-corrected chi connectivity index (χ0v) is 18.4. The topological polar surface area (TPSA) is 76.8 Å². The van der Waals surface area contributed by atoms with Crippen molar-refractivity contribution in [2.45, 2.75) is 41.0 Å². The third-order valence-corrected chi connectivity index (χ3v) is 5.43. The van der Waals surface area contributed by atoms with Crippen LogP contribution in [0.5, 0.6) is 5.75 Å². The molecular weight excluding hydrogens is 380 g/mol. The number of hydrogen-bond acceptors (Lipinski definition) is 5. The molecule has 7 heteroatoms. The molecule has 0 radical (unpaired) electrons. The van der Waals surface area contributed by atoms with Crippen LogP contribution >= 0.6 is 0 Å². The Morgan fingerprint density at radius 1 is 1.10 bits per heavy atom. The van der Waals surface area contributed by atoms with E-state index in [1.54, 1.807) is 16.5 Å². The summed E-state index contributed by atoms with van der Waals surface area (Å²) in [6.45, 7) is 10.4.